The zero-order valence-corrected chi connectivity index (χ0v) is 20.9. The predicted molar refractivity (Wildman–Crippen MR) is 135 cm³/mol. The Labute approximate surface area is 207 Å². The van der Waals surface area contributed by atoms with Crippen molar-refractivity contribution in [1.29, 1.82) is 0 Å². The van der Waals surface area contributed by atoms with Crippen molar-refractivity contribution >= 4 is 23.0 Å². The number of hydrogen-bond donors (Lipinski definition) is 2. The van der Waals surface area contributed by atoms with Crippen molar-refractivity contribution in [3.63, 3.8) is 0 Å². The molecule has 1 aliphatic heterocycles. The molecular formula is C27H36ClN4O2+. The normalized spacial score (nSPS) is 29.2. The van der Waals surface area contributed by atoms with Crippen LogP contribution in [0, 0.1) is 11.8 Å². The lowest BCUT2D eigenvalue weighted by Gasteiger charge is -2.34. The molecule has 34 heavy (non-hydrogen) atoms. The summed E-state index contributed by atoms with van der Waals surface area (Å²) in [7, 11) is 3.44. The fourth-order valence-electron chi connectivity index (χ4n) is 6.53. The minimum absolute atomic E-state index is 0.452. The third-order valence-electron chi connectivity index (χ3n) is 8.43. The average molecular weight is 484 g/mol. The Morgan fingerprint density at radius 2 is 1.79 bits per heavy atom. The number of nitrogen functional groups attached to an aromatic ring is 1. The summed E-state index contributed by atoms with van der Waals surface area (Å²) in [6.45, 7) is 2.43. The van der Waals surface area contributed by atoms with Crippen LogP contribution in [-0.2, 0) is 4.74 Å². The lowest BCUT2D eigenvalue weighted by atomic mass is 9.90. The maximum Gasteiger partial charge on any atom is 0.213 e. The van der Waals surface area contributed by atoms with E-state index in [0.717, 1.165) is 34.0 Å². The highest BCUT2D eigenvalue weighted by Gasteiger charge is 2.44. The van der Waals surface area contributed by atoms with Crippen molar-refractivity contribution in [1.82, 2.24) is 9.88 Å². The number of rotatable bonds is 6. The van der Waals surface area contributed by atoms with Crippen molar-refractivity contribution < 1.29 is 14.9 Å². The van der Waals surface area contributed by atoms with Crippen LogP contribution in [0.1, 0.15) is 61.1 Å². The van der Waals surface area contributed by atoms with Gasteiger partial charge in [0.05, 0.1) is 24.3 Å². The summed E-state index contributed by atoms with van der Waals surface area (Å²) in [6, 6.07) is 8.42. The predicted octanol–water partition coefficient (Wildman–Crippen LogP) is 3.31. The van der Waals surface area contributed by atoms with Crippen LogP contribution in [0.4, 0.5) is 5.69 Å². The van der Waals surface area contributed by atoms with E-state index in [2.05, 4.69) is 16.0 Å². The molecule has 7 heteroatoms. The van der Waals surface area contributed by atoms with E-state index >= 15 is 0 Å². The van der Waals surface area contributed by atoms with Crippen LogP contribution < -0.4 is 15.9 Å². The quantitative estimate of drug-likeness (QED) is 0.486. The van der Waals surface area contributed by atoms with Crippen molar-refractivity contribution in [2.75, 3.05) is 33.0 Å². The Balaban J connectivity index is 1.29. The molecule has 2 heterocycles. The standard InChI is InChI=1S/C27H35ClN4O2/c1-33-21-5-3-20(4-6-21)32-14-18-9-17(10-19(18)15-32)22-12-23(25(29)13-24(22)28)27(30)16-7-8-31-26(11-16)34-2/h7-8,11-13,17-21,30H,3-6,9-10,14-15,29H2,1-2H3/p+1/t17?,18-,19+,20?,21?. The molecule has 3 atom stereocenters. The second kappa shape index (κ2) is 9.84. The Kier molecular flexibility index (Phi) is 6.83. The zero-order chi connectivity index (χ0) is 23.8. The van der Waals surface area contributed by atoms with Gasteiger partial charge in [-0.25, -0.2) is 4.98 Å². The van der Waals surface area contributed by atoms with E-state index in [1.54, 1.807) is 13.3 Å². The highest BCUT2D eigenvalue weighted by Crippen LogP contribution is 2.49. The van der Waals surface area contributed by atoms with Crippen LogP contribution in [0.2, 0.25) is 5.02 Å². The highest BCUT2D eigenvalue weighted by atomic mass is 35.5. The van der Waals surface area contributed by atoms with Gasteiger partial charge >= 0.3 is 0 Å². The first-order valence-electron chi connectivity index (χ1n) is 12.5. The van der Waals surface area contributed by atoms with E-state index in [0.29, 0.717) is 29.3 Å². The summed E-state index contributed by atoms with van der Waals surface area (Å²) < 4.78 is 10.8. The second-order valence-corrected chi connectivity index (χ2v) is 10.7. The first-order chi connectivity index (χ1) is 16.5. The van der Waals surface area contributed by atoms with E-state index in [9.17, 15) is 0 Å². The van der Waals surface area contributed by atoms with Crippen LogP contribution in [0.3, 0.4) is 0 Å². The fourth-order valence-corrected chi connectivity index (χ4v) is 6.86. The largest absolute Gasteiger partial charge is 0.481 e. The Bertz CT molecular complexity index is 1040. The number of nitrogens with zero attached hydrogens (tertiary/aromatic N) is 2. The average Bonchev–Trinajstić information content (AvgIpc) is 3.43. The second-order valence-electron chi connectivity index (χ2n) is 10.3. The van der Waals surface area contributed by atoms with Crippen molar-refractivity contribution in [2.45, 2.75) is 56.6 Å². The van der Waals surface area contributed by atoms with Crippen LogP contribution in [0.15, 0.2) is 30.5 Å². The molecule has 3 fully saturated rings. The molecule has 2 aromatic rings. The van der Waals surface area contributed by atoms with E-state index in [-0.39, 0.29) is 0 Å². The van der Waals surface area contributed by atoms with Crippen LogP contribution in [-0.4, -0.2) is 55.1 Å². The van der Waals surface area contributed by atoms with Gasteiger partial charge in [0.1, 0.15) is 0 Å². The topological polar surface area (TPSA) is 86.2 Å². The summed E-state index contributed by atoms with van der Waals surface area (Å²) >= 11 is 6.73. The summed E-state index contributed by atoms with van der Waals surface area (Å²) in [5.41, 5.74) is 10.4. The molecule has 3 aliphatic rings. The number of ether oxygens (including phenoxy) is 2. The van der Waals surface area contributed by atoms with E-state index in [1.807, 2.05) is 25.3 Å². The number of benzene rings is 1. The number of aromatic nitrogens is 1. The van der Waals surface area contributed by atoms with Crippen molar-refractivity contribution in [3.8, 4) is 5.88 Å². The molecule has 4 N–H and O–H groups in total. The Hall–Kier alpha value is -2.15. The molecule has 1 saturated heterocycles. The molecule has 0 bridgehead atoms. The number of methoxy groups -OCH3 is 2. The molecule has 6 nitrogen and oxygen atoms in total. The third-order valence-corrected chi connectivity index (χ3v) is 8.75. The number of hydrogen-bond acceptors (Lipinski definition) is 5. The lowest BCUT2D eigenvalue weighted by Crippen LogP contribution is -2.41. The van der Waals surface area contributed by atoms with Gasteiger partial charge in [0.2, 0.25) is 11.6 Å². The molecule has 2 aliphatic carbocycles. The minimum atomic E-state index is 0.452. The molecule has 0 radical (unpaired) electrons. The summed E-state index contributed by atoms with van der Waals surface area (Å²) in [4.78, 5) is 6.94. The number of anilines is 1. The van der Waals surface area contributed by atoms with E-state index < -0.39 is 0 Å². The van der Waals surface area contributed by atoms with Crippen molar-refractivity contribution in [3.05, 3.63) is 52.2 Å². The number of nitrogens with two attached hydrogens (primary N) is 2. The summed E-state index contributed by atoms with van der Waals surface area (Å²) in [6.07, 6.45) is 9.44. The molecule has 0 spiro atoms. The molecule has 5 rings (SSSR count). The van der Waals surface area contributed by atoms with Gasteiger partial charge in [0.25, 0.3) is 0 Å². The number of halogens is 1. The fraction of sp³-hybridized carbons (Fsp3) is 0.556. The minimum Gasteiger partial charge on any atom is -0.481 e. The van der Waals surface area contributed by atoms with Gasteiger partial charge in [-0.1, -0.05) is 11.6 Å². The number of fused-ring (bicyclic) bond motifs is 1. The maximum absolute atomic E-state index is 6.73. The number of pyridine rings is 1. The number of likely N-dealkylation sites (tertiary alicyclic amines) is 1. The molecule has 1 aromatic heterocycles. The summed E-state index contributed by atoms with van der Waals surface area (Å²) in [5, 5.41) is 7.32. The molecule has 2 saturated carbocycles. The molecule has 1 aromatic carbocycles. The first kappa shape index (κ1) is 23.6. The van der Waals surface area contributed by atoms with E-state index in [4.69, 9.17) is 32.2 Å². The lowest BCUT2D eigenvalue weighted by molar-refractivity contribution is -0.111. The zero-order valence-electron chi connectivity index (χ0n) is 20.2. The van der Waals surface area contributed by atoms with Crippen LogP contribution in [0.5, 0.6) is 5.88 Å². The van der Waals surface area contributed by atoms with Gasteiger partial charge in [-0.05, 0) is 80.0 Å². The summed E-state index contributed by atoms with van der Waals surface area (Å²) in [5.74, 6) is 2.46. The molecular weight excluding hydrogens is 448 g/mol. The molecule has 1 unspecified atom stereocenters. The van der Waals surface area contributed by atoms with Crippen LogP contribution in [0.25, 0.3) is 0 Å². The van der Waals surface area contributed by atoms with Gasteiger partial charge in [0, 0.05) is 49.2 Å². The van der Waals surface area contributed by atoms with E-state index in [1.165, 1.54) is 57.2 Å². The van der Waals surface area contributed by atoms with Gasteiger partial charge < -0.3 is 15.2 Å². The maximum atomic E-state index is 6.73. The molecule has 0 amide bonds. The van der Waals surface area contributed by atoms with Crippen molar-refractivity contribution in [2.24, 2.45) is 11.8 Å². The first-order valence-corrected chi connectivity index (χ1v) is 12.8. The highest BCUT2D eigenvalue weighted by molar-refractivity contribution is 6.32. The van der Waals surface area contributed by atoms with Gasteiger partial charge in [-0.15, -0.1) is 0 Å². The Morgan fingerprint density at radius 1 is 1.09 bits per heavy atom. The van der Waals surface area contributed by atoms with Gasteiger partial charge in [0.15, 0.2) is 0 Å². The molecule has 182 valence electrons. The Morgan fingerprint density at radius 3 is 2.44 bits per heavy atom. The SMILES string of the molecule is COc1cc(C(=[NH2+])c2cc(C3C[C@@H]4CN(C5CCC(OC)CC5)C[C@@H]4C3)c(Cl)cc2N)ccn1. The third kappa shape index (κ3) is 4.56. The monoisotopic (exact) mass is 483 g/mol. The van der Waals surface area contributed by atoms with Crippen LogP contribution >= 0.6 is 11.6 Å². The van der Waals surface area contributed by atoms with Gasteiger partial charge in [-0.3, -0.25) is 10.3 Å². The smallest absolute Gasteiger partial charge is 0.213 e. The van der Waals surface area contributed by atoms with Gasteiger partial charge in [-0.2, -0.15) is 0 Å².